The maximum absolute atomic E-state index is 13.5. The highest BCUT2D eigenvalue weighted by atomic mass is 19.2. The second-order valence-electron chi connectivity index (χ2n) is 7.08. The second-order valence-corrected chi connectivity index (χ2v) is 7.08. The van der Waals surface area contributed by atoms with Gasteiger partial charge in [0.1, 0.15) is 5.69 Å². The van der Waals surface area contributed by atoms with Crippen LogP contribution in [0.25, 0.3) is 0 Å². The molecular weight excluding hydrogens is 338 g/mol. The number of hydrogen-bond donors (Lipinski definition) is 0. The van der Waals surface area contributed by atoms with Crippen LogP contribution in [0.15, 0.2) is 36.8 Å². The smallest absolute Gasteiger partial charge is 0.274 e. The molecule has 5 nitrogen and oxygen atoms in total. The molecule has 0 unspecified atom stereocenters. The van der Waals surface area contributed by atoms with Gasteiger partial charge in [0.2, 0.25) is 0 Å². The van der Waals surface area contributed by atoms with Crippen molar-refractivity contribution in [2.45, 2.75) is 25.4 Å². The van der Waals surface area contributed by atoms with Gasteiger partial charge >= 0.3 is 0 Å². The molecule has 7 heteroatoms. The van der Waals surface area contributed by atoms with Crippen molar-refractivity contribution in [3.05, 3.63) is 59.7 Å². The largest absolute Gasteiger partial charge is 0.335 e. The van der Waals surface area contributed by atoms with Crippen molar-refractivity contribution >= 4 is 5.91 Å². The third-order valence-electron chi connectivity index (χ3n) is 5.27. The average molecular weight is 358 g/mol. The summed E-state index contributed by atoms with van der Waals surface area (Å²) in [7, 11) is 0. The normalized spacial score (nSPS) is 23.1. The van der Waals surface area contributed by atoms with Crippen molar-refractivity contribution in [1.29, 1.82) is 0 Å². The van der Waals surface area contributed by atoms with Crippen LogP contribution in [0.3, 0.4) is 0 Å². The molecule has 1 aromatic heterocycles. The zero-order chi connectivity index (χ0) is 18.1. The Morgan fingerprint density at radius 2 is 2.00 bits per heavy atom. The quantitative estimate of drug-likeness (QED) is 0.846. The fourth-order valence-corrected chi connectivity index (χ4v) is 3.98. The van der Waals surface area contributed by atoms with Crippen molar-refractivity contribution in [2.24, 2.45) is 5.92 Å². The zero-order valence-corrected chi connectivity index (χ0v) is 14.3. The molecule has 1 amide bonds. The van der Waals surface area contributed by atoms with E-state index in [0.717, 1.165) is 24.9 Å². The van der Waals surface area contributed by atoms with Gasteiger partial charge in [-0.25, -0.2) is 13.8 Å². The lowest BCUT2D eigenvalue weighted by Gasteiger charge is -2.36. The van der Waals surface area contributed by atoms with E-state index in [-0.39, 0.29) is 11.9 Å². The predicted molar refractivity (Wildman–Crippen MR) is 91.2 cm³/mol. The van der Waals surface area contributed by atoms with Gasteiger partial charge in [0.25, 0.3) is 5.91 Å². The van der Waals surface area contributed by atoms with Crippen LogP contribution in [0.2, 0.25) is 0 Å². The minimum atomic E-state index is -0.827. The summed E-state index contributed by atoms with van der Waals surface area (Å²) in [6, 6.07) is 4.27. The summed E-state index contributed by atoms with van der Waals surface area (Å²) in [6.45, 7) is 2.73. The maximum Gasteiger partial charge on any atom is 0.274 e. The maximum atomic E-state index is 13.5. The monoisotopic (exact) mass is 358 g/mol. The molecule has 26 heavy (non-hydrogen) atoms. The number of nitrogens with zero attached hydrogens (tertiary/aromatic N) is 4. The number of hydrogen-bond acceptors (Lipinski definition) is 4. The molecule has 0 spiro atoms. The number of amides is 1. The van der Waals surface area contributed by atoms with Crippen molar-refractivity contribution in [1.82, 2.24) is 19.8 Å². The minimum absolute atomic E-state index is 0.0929. The van der Waals surface area contributed by atoms with Gasteiger partial charge in [0.05, 0.1) is 6.20 Å². The molecule has 3 fully saturated rings. The number of benzene rings is 1. The van der Waals surface area contributed by atoms with Gasteiger partial charge in [0, 0.05) is 44.6 Å². The summed E-state index contributed by atoms with van der Waals surface area (Å²) in [6.07, 6.45) is 6.64. The van der Waals surface area contributed by atoms with Gasteiger partial charge in [-0.2, -0.15) is 0 Å². The average Bonchev–Trinajstić information content (AvgIpc) is 2.97. The van der Waals surface area contributed by atoms with Gasteiger partial charge < -0.3 is 4.90 Å². The third-order valence-corrected chi connectivity index (χ3v) is 5.27. The first-order chi connectivity index (χ1) is 12.6. The number of carbonyl (C=O) groups is 1. The van der Waals surface area contributed by atoms with E-state index in [1.807, 2.05) is 4.90 Å². The lowest BCUT2D eigenvalue weighted by atomic mass is 9.94. The van der Waals surface area contributed by atoms with Crippen LogP contribution in [0, 0.1) is 17.6 Å². The van der Waals surface area contributed by atoms with Crippen molar-refractivity contribution in [3.8, 4) is 0 Å². The highest BCUT2D eigenvalue weighted by molar-refractivity contribution is 5.92. The van der Waals surface area contributed by atoms with E-state index < -0.39 is 11.6 Å². The third kappa shape index (κ3) is 3.44. The Labute approximate surface area is 150 Å². The molecule has 2 aromatic rings. The lowest BCUT2D eigenvalue weighted by Crippen LogP contribution is -2.44. The molecule has 2 bridgehead atoms. The van der Waals surface area contributed by atoms with Crippen LogP contribution in [-0.4, -0.2) is 51.4 Å². The van der Waals surface area contributed by atoms with E-state index >= 15 is 0 Å². The SMILES string of the molecule is O=C(c1cnccn1)N1C[C@@H]2CC[C@H](C1)N(Cc1ccc(F)c(F)c1)C2. The molecule has 0 aliphatic carbocycles. The van der Waals surface area contributed by atoms with Crippen LogP contribution in [0.1, 0.15) is 28.9 Å². The Balaban J connectivity index is 1.49. The molecule has 4 heterocycles. The van der Waals surface area contributed by atoms with Crippen LogP contribution >= 0.6 is 0 Å². The summed E-state index contributed by atoms with van der Waals surface area (Å²) in [4.78, 5) is 25.0. The van der Waals surface area contributed by atoms with Gasteiger partial charge in [-0.15, -0.1) is 0 Å². The van der Waals surface area contributed by atoms with Gasteiger partial charge in [-0.05, 0) is 36.5 Å². The molecule has 0 radical (unpaired) electrons. The Morgan fingerprint density at radius 3 is 2.77 bits per heavy atom. The van der Waals surface area contributed by atoms with E-state index in [1.165, 1.54) is 24.5 Å². The first-order valence-corrected chi connectivity index (χ1v) is 8.83. The van der Waals surface area contributed by atoms with Gasteiger partial charge in [-0.3, -0.25) is 14.7 Å². The molecule has 5 rings (SSSR count). The highest BCUT2D eigenvalue weighted by Crippen LogP contribution is 2.30. The lowest BCUT2D eigenvalue weighted by molar-refractivity contribution is 0.0729. The molecule has 3 saturated heterocycles. The molecule has 3 aliphatic rings. The molecule has 2 atom stereocenters. The van der Waals surface area contributed by atoms with Crippen LogP contribution in [0.5, 0.6) is 0 Å². The highest BCUT2D eigenvalue weighted by Gasteiger charge is 2.36. The molecule has 0 saturated carbocycles. The second kappa shape index (κ2) is 7.07. The molecule has 136 valence electrons. The van der Waals surface area contributed by atoms with Crippen molar-refractivity contribution < 1.29 is 13.6 Å². The number of carbonyl (C=O) groups excluding carboxylic acids is 1. The molecule has 1 aromatic carbocycles. The minimum Gasteiger partial charge on any atom is -0.335 e. The van der Waals surface area contributed by atoms with Crippen LogP contribution < -0.4 is 0 Å². The Kier molecular flexibility index (Phi) is 4.63. The topological polar surface area (TPSA) is 49.3 Å². The number of rotatable bonds is 3. The number of aromatic nitrogens is 2. The molecule has 3 aliphatic heterocycles. The van der Waals surface area contributed by atoms with Crippen LogP contribution in [0.4, 0.5) is 8.78 Å². The summed E-state index contributed by atoms with van der Waals surface area (Å²) in [5.74, 6) is -1.36. The molecular formula is C19H20F2N4O. The summed E-state index contributed by atoms with van der Waals surface area (Å²) in [5.41, 5.74) is 1.12. The zero-order valence-electron chi connectivity index (χ0n) is 14.3. The van der Waals surface area contributed by atoms with Crippen molar-refractivity contribution in [2.75, 3.05) is 19.6 Å². The van der Waals surface area contributed by atoms with E-state index in [0.29, 0.717) is 31.2 Å². The Hall–Kier alpha value is -2.41. The van der Waals surface area contributed by atoms with Crippen molar-refractivity contribution in [3.63, 3.8) is 0 Å². The van der Waals surface area contributed by atoms with Crippen LogP contribution in [-0.2, 0) is 6.54 Å². The fourth-order valence-electron chi connectivity index (χ4n) is 3.98. The predicted octanol–water partition coefficient (Wildman–Crippen LogP) is 2.49. The van der Waals surface area contributed by atoms with Gasteiger partial charge in [0.15, 0.2) is 11.6 Å². The number of piperidine rings is 1. The summed E-state index contributed by atoms with van der Waals surface area (Å²) in [5, 5.41) is 0. The number of fused-ring (bicyclic) bond motifs is 4. The number of halogens is 2. The fraction of sp³-hybridized carbons (Fsp3) is 0.421. The van der Waals surface area contributed by atoms with E-state index in [2.05, 4.69) is 14.9 Å². The first kappa shape index (κ1) is 17.0. The Bertz CT molecular complexity index is 801. The summed E-state index contributed by atoms with van der Waals surface area (Å²) < 4.78 is 26.6. The standard InChI is InChI=1S/C19H20F2N4O/c20-16-4-2-13(7-17(16)21)9-24-10-14-1-3-15(24)12-25(11-14)19(26)18-8-22-5-6-23-18/h2,4-8,14-15H,1,3,9-12H2/t14-,15-/m1/s1. The first-order valence-electron chi connectivity index (χ1n) is 8.83. The van der Waals surface area contributed by atoms with Gasteiger partial charge in [-0.1, -0.05) is 6.07 Å². The van der Waals surface area contributed by atoms with E-state index in [9.17, 15) is 13.6 Å². The molecule has 0 N–H and O–H groups in total. The summed E-state index contributed by atoms with van der Waals surface area (Å²) >= 11 is 0. The van der Waals surface area contributed by atoms with E-state index in [1.54, 1.807) is 12.3 Å². The Morgan fingerprint density at radius 1 is 1.12 bits per heavy atom. The van der Waals surface area contributed by atoms with E-state index in [4.69, 9.17) is 0 Å².